The van der Waals surface area contributed by atoms with E-state index in [0.29, 0.717) is 17.5 Å². The van der Waals surface area contributed by atoms with E-state index in [2.05, 4.69) is 37.5 Å². The molecule has 0 saturated heterocycles. The van der Waals surface area contributed by atoms with Crippen molar-refractivity contribution in [3.8, 4) is 0 Å². The lowest BCUT2D eigenvalue weighted by molar-refractivity contribution is 0.864. The second kappa shape index (κ2) is 5.21. The molecule has 1 aliphatic carbocycles. The molecule has 1 aromatic carbocycles. The minimum absolute atomic E-state index is 0.554. The number of nitrogens with one attached hydrogen (secondary N) is 1. The first-order chi connectivity index (χ1) is 10.2. The van der Waals surface area contributed by atoms with Crippen LogP contribution in [-0.2, 0) is 6.42 Å². The third-order valence-corrected chi connectivity index (χ3v) is 5.27. The summed E-state index contributed by atoms with van der Waals surface area (Å²) in [6.07, 6.45) is 2.98. The zero-order valence-corrected chi connectivity index (χ0v) is 14.0. The van der Waals surface area contributed by atoms with Gasteiger partial charge in [0, 0.05) is 5.92 Å². The topological polar surface area (TPSA) is 54.5 Å². The van der Waals surface area contributed by atoms with Gasteiger partial charge in [-0.25, -0.2) is 15.0 Å². The van der Waals surface area contributed by atoms with E-state index in [4.69, 9.17) is 16.6 Å². The maximum Gasteiger partial charge on any atom is 0.146 e. The molecule has 1 N–H and O–H groups in total. The number of halogens is 2. The minimum Gasteiger partial charge on any atom is -0.342 e. The highest BCUT2D eigenvalue weighted by atomic mass is 127. The van der Waals surface area contributed by atoms with Crippen molar-refractivity contribution < 1.29 is 0 Å². The molecule has 0 amide bonds. The first kappa shape index (κ1) is 13.5. The molecule has 6 heteroatoms. The van der Waals surface area contributed by atoms with Crippen molar-refractivity contribution in [1.82, 2.24) is 19.9 Å². The summed E-state index contributed by atoms with van der Waals surface area (Å²) in [7, 11) is 0. The van der Waals surface area contributed by atoms with Crippen LogP contribution in [0.4, 0.5) is 0 Å². The van der Waals surface area contributed by atoms with E-state index in [9.17, 15) is 0 Å². The molecule has 21 heavy (non-hydrogen) atoms. The Morgan fingerprint density at radius 1 is 1.19 bits per heavy atom. The zero-order valence-electron chi connectivity index (χ0n) is 11.1. The van der Waals surface area contributed by atoms with Crippen LogP contribution in [0.2, 0.25) is 5.15 Å². The van der Waals surface area contributed by atoms with Crippen LogP contribution in [0.25, 0.3) is 11.0 Å². The standard InChI is InChI=1S/C15H12ClIN4/c16-15-13(17)14(8-5-6-8)20-12(21-15)7-11-18-9-3-1-2-4-10(9)19-11/h1-4,8H,5-7H2,(H,18,19). The first-order valence-corrected chi connectivity index (χ1v) is 8.32. The van der Waals surface area contributed by atoms with Gasteiger partial charge in [-0.3, -0.25) is 0 Å². The number of fused-ring (bicyclic) bond motifs is 1. The molecule has 1 aliphatic rings. The van der Waals surface area contributed by atoms with Gasteiger partial charge in [0.15, 0.2) is 0 Å². The normalized spacial score (nSPS) is 14.8. The van der Waals surface area contributed by atoms with E-state index >= 15 is 0 Å². The molecule has 4 nitrogen and oxygen atoms in total. The van der Waals surface area contributed by atoms with Crippen molar-refractivity contribution in [3.63, 3.8) is 0 Å². The van der Waals surface area contributed by atoms with E-state index < -0.39 is 0 Å². The summed E-state index contributed by atoms with van der Waals surface area (Å²) < 4.78 is 0.991. The van der Waals surface area contributed by atoms with Gasteiger partial charge in [0.05, 0.1) is 26.7 Å². The Balaban J connectivity index is 1.70. The van der Waals surface area contributed by atoms with Crippen molar-refractivity contribution in [2.75, 3.05) is 0 Å². The Hall–Kier alpha value is -1.21. The third kappa shape index (κ3) is 2.64. The number of hydrogen-bond acceptors (Lipinski definition) is 3. The number of H-pyrrole nitrogens is 1. The van der Waals surface area contributed by atoms with Crippen molar-refractivity contribution >= 4 is 45.2 Å². The predicted molar refractivity (Wildman–Crippen MR) is 90.6 cm³/mol. The Morgan fingerprint density at radius 3 is 2.76 bits per heavy atom. The van der Waals surface area contributed by atoms with Gasteiger partial charge in [-0.05, 0) is 47.6 Å². The molecule has 1 saturated carbocycles. The molecule has 4 rings (SSSR count). The summed E-state index contributed by atoms with van der Waals surface area (Å²) in [5.74, 6) is 2.17. The van der Waals surface area contributed by atoms with Crippen LogP contribution in [0, 0.1) is 3.57 Å². The number of nitrogens with zero attached hydrogens (tertiary/aromatic N) is 3. The Bertz CT molecular complexity index is 793. The van der Waals surface area contributed by atoms with Gasteiger partial charge >= 0.3 is 0 Å². The quantitative estimate of drug-likeness (QED) is 0.523. The number of hydrogen-bond donors (Lipinski definition) is 1. The second-order valence-corrected chi connectivity index (χ2v) is 6.72. The van der Waals surface area contributed by atoms with E-state index in [-0.39, 0.29) is 0 Å². The number of benzene rings is 1. The molecular weight excluding hydrogens is 399 g/mol. The average molecular weight is 411 g/mol. The highest BCUT2D eigenvalue weighted by Gasteiger charge is 2.29. The van der Waals surface area contributed by atoms with Crippen molar-refractivity contribution in [2.24, 2.45) is 0 Å². The summed E-state index contributed by atoms with van der Waals surface area (Å²) in [5, 5.41) is 0.554. The monoisotopic (exact) mass is 410 g/mol. The highest BCUT2D eigenvalue weighted by Crippen LogP contribution is 2.42. The maximum absolute atomic E-state index is 6.25. The molecular formula is C15H12ClIN4. The van der Waals surface area contributed by atoms with E-state index in [1.807, 2.05) is 24.3 Å². The Morgan fingerprint density at radius 2 is 2.00 bits per heavy atom. The Kier molecular flexibility index (Phi) is 3.34. The lowest BCUT2D eigenvalue weighted by Gasteiger charge is -2.06. The van der Waals surface area contributed by atoms with E-state index in [0.717, 1.165) is 31.9 Å². The van der Waals surface area contributed by atoms with Crippen molar-refractivity contribution in [2.45, 2.75) is 25.2 Å². The molecule has 3 aromatic rings. The fraction of sp³-hybridized carbons (Fsp3) is 0.267. The molecule has 0 unspecified atom stereocenters. The van der Waals surface area contributed by atoms with Crippen LogP contribution >= 0.6 is 34.2 Å². The van der Waals surface area contributed by atoms with Crippen LogP contribution in [0.5, 0.6) is 0 Å². The largest absolute Gasteiger partial charge is 0.342 e. The zero-order chi connectivity index (χ0) is 14.4. The molecule has 0 radical (unpaired) electrons. The van der Waals surface area contributed by atoms with Crippen LogP contribution < -0.4 is 0 Å². The molecule has 0 bridgehead atoms. The van der Waals surface area contributed by atoms with Gasteiger partial charge in [0.1, 0.15) is 16.8 Å². The SMILES string of the molecule is Clc1nc(Cc2nc3ccccc3[nH]2)nc(C2CC2)c1I. The molecule has 0 spiro atoms. The average Bonchev–Trinajstić information content (AvgIpc) is 3.22. The number of imidazole rings is 1. The molecule has 2 aromatic heterocycles. The summed E-state index contributed by atoms with van der Waals surface area (Å²) in [6.45, 7) is 0. The van der Waals surface area contributed by atoms with E-state index in [1.54, 1.807) is 0 Å². The molecule has 106 valence electrons. The molecule has 1 fully saturated rings. The predicted octanol–water partition coefficient (Wildman–Crippen LogP) is 4.08. The van der Waals surface area contributed by atoms with Crippen LogP contribution in [0.15, 0.2) is 24.3 Å². The van der Waals surface area contributed by atoms with Crippen LogP contribution in [0.3, 0.4) is 0 Å². The van der Waals surface area contributed by atoms with E-state index in [1.165, 1.54) is 12.8 Å². The van der Waals surface area contributed by atoms with Gasteiger partial charge in [0.25, 0.3) is 0 Å². The summed E-state index contributed by atoms with van der Waals surface area (Å²) in [6, 6.07) is 7.99. The van der Waals surface area contributed by atoms with Gasteiger partial charge in [0.2, 0.25) is 0 Å². The van der Waals surface area contributed by atoms with Gasteiger partial charge < -0.3 is 4.98 Å². The number of rotatable bonds is 3. The lowest BCUT2D eigenvalue weighted by atomic mass is 10.2. The third-order valence-electron chi connectivity index (χ3n) is 3.61. The number of aromatic nitrogens is 4. The molecule has 0 aliphatic heterocycles. The van der Waals surface area contributed by atoms with Gasteiger partial charge in [-0.2, -0.15) is 0 Å². The fourth-order valence-electron chi connectivity index (χ4n) is 2.43. The number of aromatic amines is 1. The molecule has 2 heterocycles. The summed E-state index contributed by atoms with van der Waals surface area (Å²) in [5.41, 5.74) is 3.10. The fourth-order valence-corrected chi connectivity index (χ4v) is 3.30. The Labute approximate surface area is 140 Å². The van der Waals surface area contributed by atoms with Crippen LogP contribution in [0.1, 0.15) is 36.1 Å². The van der Waals surface area contributed by atoms with Gasteiger partial charge in [-0.1, -0.05) is 23.7 Å². The van der Waals surface area contributed by atoms with Crippen molar-refractivity contribution in [1.29, 1.82) is 0 Å². The van der Waals surface area contributed by atoms with Crippen LogP contribution in [-0.4, -0.2) is 19.9 Å². The second-order valence-electron chi connectivity index (χ2n) is 5.28. The summed E-state index contributed by atoms with van der Waals surface area (Å²) in [4.78, 5) is 17.0. The maximum atomic E-state index is 6.25. The highest BCUT2D eigenvalue weighted by molar-refractivity contribution is 14.1. The smallest absolute Gasteiger partial charge is 0.146 e. The first-order valence-electron chi connectivity index (χ1n) is 6.86. The van der Waals surface area contributed by atoms with Gasteiger partial charge in [-0.15, -0.1) is 0 Å². The van der Waals surface area contributed by atoms with Crippen molar-refractivity contribution in [3.05, 3.63) is 50.3 Å². The summed E-state index contributed by atoms with van der Waals surface area (Å²) >= 11 is 8.49. The minimum atomic E-state index is 0.554. The lowest BCUT2D eigenvalue weighted by Crippen LogP contribution is -2.04. The molecule has 0 atom stereocenters. The number of para-hydroxylation sites is 2.